The maximum atomic E-state index is 12.6. The Hall–Kier alpha value is -3.02. The van der Waals surface area contributed by atoms with E-state index in [4.69, 9.17) is 9.47 Å². The SMILES string of the molecule is CN(C[C@@H]1COc2ccccc2O1)C(=O)Cc1ccc(N2CCCC2=O)cc1. The lowest BCUT2D eigenvalue weighted by Crippen LogP contribution is -2.42. The van der Waals surface area contributed by atoms with E-state index in [1.807, 2.05) is 48.5 Å². The first-order valence-corrected chi connectivity index (χ1v) is 9.62. The van der Waals surface area contributed by atoms with Gasteiger partial charge < -0.3 is 19.3 Å². The van der Waals surface area contributed by atoms with Gasteiger partial charge in [-0.3, -0.25) is 9.59 Å². The van der Waals surface area contributed by atoms with Crippen LogP contribution in [0.4, 0.5) is 5.69 Å². The number of amides is 2. The molecule has 0 spiro atoms. The van der Waals surface area contributed by atoms with E-state index in [0.717, 1.165) is 30.0 Å². The summed E-state index contributed by atoms with van der Waals surface area (Å²) in [7, 11) is 1.78. The fourth-order valence-electron chi connectivity index (χ4n) is 3.58. The third kappa shape index (κ3) is 3.96. The summed E-state index contributed by atoms with van der Waals surface area (Å²) in [4.78, 5) is 27.9. The molecule has 0 bridgehead atoms. The number of hydrogen-bond donors (Lipinski definition) is 0. The van der Waals surface area contributed by atoms with Crippen LogP contribution in [0.3, 0.4) is 0 Å². The standard InChI is InChI=1S/C22H24N2O4/c1-23(14-18-15-27-19-5-2-3-6-20(19)28-18)22(26)13-16-8-10-17(11-9-16)24-12-4-7-21(24)25/h2-3,5-6,8-11,18H,4,7,12-15H2,1H3/t18-/m1/s1. The maximum Gasteiger partial charge on any atom is 0.227 e. The van der Waals surface area contributed by atoms with Gasteiger partial charge in [0.1, 0.15) is 6.61 Å². The molecule has 28 heavy (non-hydrogen) atoms. The zero-order valence-electron chi connectivity index (χ0n) is 16.0. The molecule has 4 rings (SSSR count). The molecule has 2 aromatic carbocycles. The molecule has 0 saturated carbocycles. The van der Waals surface area contributed by atoms with E-state index in [1.165, 1.54) is 0 Å². The molecule has 0 aliphatic carbocycles. The molecule has 2 heterocycles. The molecule has 1 atom stereocenters. The molecule has 0 aromatic heterocycles. The molecule has 1 saturated heterocycles. The number of hydrogen-bond acceptors (Lipinski definition) is 4. The summed E-state index contributed by atoms with van der Waals surface area (Å²) in [5.74, 6) is 1.64. The van der Waals surface area contributed by atoms with E-state index in [2.05, 4.69) is 0 Å². The van der Waals surface area contributed by atoms with E-state index in [-0.39, 0.29) is 17.9 Å². The van der Waals surface area contributed by atoms with Gasteiger partial charge in [-0.15, -0.1) is 0 Å². The van der Waals surface area contributed by atoms with Gasteiger partial charge in [0.25, 0.3) is 0 Å². The Morgan fingerprint density at radius 3 is 2.61 bits per heavy atom. The Bertz CT molecular complexity index is 865. The number of carbonyl (C=O) groups excluding carboxylic acids is 2. The zero-order chi connectivity index (χ0) is 19.5. The second kappa shape index (κ2) is 7.92. The first-order chi connectivity index (χ1) is 13.6. The van der Waals surface area contributed by atoms with Crippen molar-refractivity contribution in [2.45, 2.75) is 25.4 Å². The van der Waals surface area contributed by atoms with Crippen molar-refractivity contribution in [2.24, 2.45) is 0 Å². The minimum absolute atomic E-state index is 0.0208. The average molecular weight is 380 g/mol. The average Bonchev–Trinajstić information content (AvgIpc) is 3.14. The highest BCUT2D eigenvalue weighted by molar-refractivity contribution is 5.95. The minimum Gasteiger partial charge on any atom is -0.486 e. The monoisotopic (exact) mass is 380 g/mol. The summed E-state index contributed by atoms with van der Waals surface area (Å²) in [6.45, 7) is 1.66. The second-order valence-corrected chi connectivity index (χ2v) is 7.26. The Labute approximate surface area is 164 Å². The van der Waals surface area contributed by atoms with E-state index in [1.54, 1.807) is 16.8 Å². The van der Waals surface area contributed by atoms with E-state index in [9.17, 15) is 9.59 Å². The summed E-state index contributed by atoms with van der Waals surface area (Å²) in [6.07, 6.45) is 1.64. The van der Waals surface area contributed by atoms with Gasteiger partial charge >= 0.3 is 0 Å². The van der Waals surface area contributed by atoms with Crippen LogP contribution >= 0.6 is 0 Å². The molecule has 0 unspecified atom stereocenters. The van der Waals surface area contributed by atoms with Gasteiger partial charge in [-0.2, -0.15) is 0 Å². The number of rotatable bonds is 5. The predicted octanol–water partition coefficient (Wildman–Crippen LogP) is 2.65. The lowest BCUT2D eigenvalue weighted by atomic mass is 10.1. The van der Waals surface area contributed by atoms with Gasteiger partial charge in [0, 0.05) is 25.7 Å². The van der Waals surface area contributed by atoms with Crippen LogP contribution in [0.5, 0.6) is 11.5 Å². The fraction of sp³-hybridized carbons (Fsp3) is 0.364. The molecule has 2 amide bonds. The van der Waals surface area contributed by atoms with Gasteiger partial charge in [0.15, 0.2) is 17.6 Å². The highest BCUT2D eigenvalue weighted by Gasteiger charge is 2.24. The van der Waals surface area contributed by atoms with E-state index >= 15 is 0 Å². The number of para-hydroxylation sites is 2. The largest absolute Gasteiger partial charge is 0.486 e. The van der Waals surface area contributed by atoms with Crippen molar-refractivity contribution in [2.75, 3.05) is 31.6 Å². The highest BCUT2D eigenvalue weighted by atomic mass is 16.6. The number of carbonyl (C=O) groups is 2. The smallest absolute Gasteiger partial charge is 0.227 e. The quantitative estimate of drug-likeness (QED) is 0.800. The van der Waals surface area contributed by atoms with Gasteiger partial charge in [-0.05, 0) is 36.2 Å². The molecule has 2 aliphatic heterocycles. The number of fused-ring (bicyclic) bond motifs is 1. The van der Waals surface area contributed by atoms with Crippen molar-refractivity contribution >= 4 is 17.5 Å². The number of nitrogens with zero attached hydrogens (tertiary/aromatic N) is 2. The Morgan fingerprint density at radius 1 is 1.14 bits per heavy atom. The summed E-state index contributed by atoms with van der Waals surface area (Å²) >= 11 is 0. The Morgan fingerprint density at radius 2 is 1.89 bits per heavy atom. The first kappa shape index (κ1) is 18.3. The lowest BCUT2D eigenvalue weighted by molar-refractivity contribution is -0.130. The van der Waals surface area contributed by atoms with Gasteiger partial charge in [0.05, 0.1) is 13.0 Å². The first-order valence-electron chi connectivity index (χ1n) is 9.62. The molecular formula is C22H24N2O4. The molecule has 6 heteroatoms. The topological polar surface area (TPSA) is 59.1 Å². The van der Waals surface area contributed by atoms with Crippen molar-refractivity contribution in [1.29, 1.82) is 0 Å². The van der Waals surface area contributed by atoms with Crippen molar-refractivity contribution in [3.63, 3.8) is 0 Å². The molecule has 0 N–H and O–H groups in total. The van der Waals surface area contributed by atoms with Gasteiger partial charge in [0.2, 0.25) is 11.8 Å². The molecule has 6 nitrogen and oxygen atoms in total. The van der Waals surface area contributed by atoms with Crippen LogP contribution in [0.25, 0.3) is 0 Å². The van der Waals surface area contributed by atoms with E-state index < -0.39 is 0 Å². The highest BCUT2D eigenvalue weighted by Crippen LogP contribution is 2.31. The van der Waals surface area contributed by atoms with E-state index in [0.29, 0.717) is 31.7 Å². The molecule has 146 valence electrons. The molecule has 2 aliphatic rings. The maximum absolute atomic E-state index is 12.6. The number of benzene rings is 2. The summed E-state index contributed by atoms with van der Waals surface area (Å²) < 4.78 is 11.6. The Balaban J connectivity index is 1.31. The predicted molar refractivity (Wildman–Crippen MR) is 106 cm³/mol. The molecule has 1 fully saturated rings. The van der Waals surface area contributed by atoms with Crippen LogP contribution < -0.4 is 14.4 Å². The second-order valence-electron chi connectivity index (χ2n) is 7.26. The van der Waals surface area contributed by atoms with Gasteiger partial charge in [-0.1, -0.05) is 24.3 Å². The third-order valence-electron chi connectivity index (χ3n) is 5.15. The van der Waals surface area contributed by atoms with Crippen LogP contribution in [0.15, 0.2) is 48.5 Å². The van der Waals surface area contributed by atoms with Crippen molar-refractivity contribution in [1.82, 2.24) is 4.90 Å². The molecule has 0 radical (unpaired) electrons. The third-order valence-corrected chi connectivity index (χ3v) is 5.15. The Kier molecular flexibility index (Phi) is 5.19. The van der Waals surface area contributed by atoms with Crippen LogP contribution in [0.1, 0.15) is 18.4 Å². The summed E-state index contributed by atoms with van der Waals surface area (Å²) in [6, 6.07) is 15.2. The lowest BCUT2D eigenvalue weighted by Gasteiger charge is -2.29. The zero-order valence-corrected chi connectivity index (χ0v) is 16.0. The number of likely N-dealkylation sites (N-methyl/N-ethyl adjacent to an activating group) is 1. The summed E-state index contributed by atoms with van der Waals surface area (Å²) in [5.41, 5.74) is 1.83. The minimum atomic E-state index is -0.188. The number of anilines is 1. The molecule has 2 aromatic rings. The fourth-order valence-corrected chi connectivity index (χ4v) is 3.58. The normalized spacial score (nSPS) is 18.2. The van der Waals surface area contributed by atoms with Crippen LogP contribution in [0, 0.1) is 0 Å². The molecular weight excluding hydrogens is 356 g/mol. The van der Waals surface area contributed by atoms with Crippen LogP contribution in [-0.4, -0.2) is 49.6 Å². The summed E-state index contributed by atoms with van der Waals surface area (Å²) in [5, 5.41) is 0. The van der Waals surface area contributed by atoms with Crippen LogP contribution in [-0.2, 0) is 16.0 Å². The number of ether oxygens (including phenoxy) is 2. The van der Waals surface area contributed by atoms with Gasteiger partial charge in [-0.25, -0.2) is 0 Å². The van der Waals surface area contributed by atoms with Crippen molar-refractivity contribution in [3.8, 4) is 11.5 Å². The van der Waals surface area contributed by atoms with Crippen molar-refractivity contribution in [3.05, 3.63) is 54.1 Å². The van der Waals surface area contributed by atoms with Crippen molar-refractivity contribution < 1.29 is 19.1 Å². The van der Waals surface area contributed by atoms with Crippen LogP contribution in [0.2, 0.25) is 0 Å².